The summed E-state index contributed by atoms with van der Waals surface area (Å²) in [6, 6.07) is 7.14. The minimum Gasteiger partial charge on any atom is -0.321 e. The van der Waals surface area contributed by atoms with Gasteiger partial charge < -0.3 is 5.32 Å². The van der Waals surface area contributed by atoms with Crippen LogP contribution in [0.15, 0.2) is 71.6 Å². The minimum absolute atomic E-state index is 0.0119. The van der Waals surface area contributed by atoms with Gasteiger partial charge in [-0.3, -0.25) is 4.79 Å². The number of benzene rings is 1. The van der Waals surface area contributed by atoms with Crippen molar-refractivity contribution in [2.24, 2.45) is 0 Å². The zero-order valence-corrected chi connectivity index (χ0v) is 17.7. The number of anilines is 2. The predicted octanol–water partition coefficient (Wildman–Crippen LogP) is 3.25. The van der Waals surface area contributed by atoms with E-state index in [1.165, 1.54) is 54.6 Å². The lowest BCUT2D eigenvalue weighted by molar-refractivity contribution is 0.102. The largest absolute Gasteiger partial charge is 0.321 e. The number of sulfonamides is 1. The smallest absolute Gasteiger partial charge is 0.275 e. The molecule has 0 aliphatic heterocycles. The first kappa shape index (κ1) is 21.7. The Bertz CT molecular complexity index is 1160. The van der Waals surface area contributed by atoms with Crippen molar-refractivity contribution in [2.45, 2.75) is 10.1 Å². The molecule has 2 heterocycles. The maximum Gasteiger partial charge on any atom is 0.275 e. The fourth-order valence-electron chi connectivity index (χ4n) is 2.15. The van der Waals surface area contributed by atoms with E-state index in [1.54, 1.807) is 12.1 Å². The highest BCUT2D eigenvalue weighted by molar-refractivity contribution is 7.99. The fourth-order valence-corrected chi connectivity index (χ4v) is 3.84. The van der Waals surface area contributed by atoms with Gasteiger partial charge in [-0.2, -0.15) is 0 Å². The molecule has 0 unspecified atom stereocenters. The van der Waals surface area contributed by atoms with Crippen LogP contribution >= 0.6 is 23.4 Å². The molecule has 0 radical (unpaired) electrons. The maximum atomic E-state index is 12.5. The van der Waals surface area contributed by atoms with E-state index in [0.29, 0.717) is 16.6 Å². The van der Waals surface area contributed by atoms with E-state index < -0.39 is 15.9 Å². The molecule has 0 bridgehead atoms. The molecular weight excluding hydrogens is 448 g/mol. The molecule has 30 heavy (non-hydrogen) atoms. The number of nitrogens with zero attached hydrogens (tertiary/aromatic N) is 4. The molecule has 154 valence electrons. The second-order valence-corrected chi connectivity index (χ2v) is 8.68. The highest BCUT2D eigenvalue weighted by Gasteiger charge is 2.17. The molecule has 1 aromatic carbocycles. The molecule has 3 aromatic rings. The molecule has 3 rings (SSSR count). The molecule has 0 spiro atoms. The molecule has 1 amide bonds. The molecule has 0 saturated carbocycles. The number of amides is 1. The van der Waals surface area contributed by atoms with Gasteiger partial charge in [0, 0.05) is 23.8 Å². The lowest BCUT2D eigenvalue weighted by Crippen LogP contribution is -2.16. The summed E-state index contributed by atoms with van der Waals surface area (Å²) >= 11 is 7.35. The third-order valence-corrected chi connectivity index (χ3v) is 5.96. The van der Waals surface area contributed by atoms with E-state index in [9.17, 15) is 13.2 Å². The molecular formula is C18H15ClN6O3S2. The Labute approximate surface area is 182 Å². The standard InChI is InChI=1S/C18H15ClN6O3S2/c1-2-10-29-18-22-11-14(19)15(24-18)16(26)23-12-4-6-13(7-5-12)30(27,28)25-17-20-8-3-9-21-17/h2-9,11H,1,10H2,(H,23,26)(H,20,21,25). The van der Waals surface area contributed by atoms with Gasteiger partial charge in [0.15, 0.2) is 10.9 Å². The van der Waals surface area contributed by atoms with Crippen molar-refractivity contribution in [1.29, 1.82) is 0 Å². The average Bonchev–Trinajstić information content (AvgIpc) is 2.74. The minimum atomic E-state index is -3.87. The topological polar surface area (TPSA) is 127 Å². The number of hydrogen-bond donors (Lipinski definition) is 2. The molecule has 0 atom stereocenters. The van der Waals surface area contributed by atoms with Crippen molar-refractivity contribution in [3.8, 4) is 0 Å². The number of thioether (sulfide) groups is 1. The second-order valence-electron chi connectivity index (χ2n) is 5.61. The van der Waals surface area contributed by atoms with E-state index in [0.717, 1.165) is 0 Å². The van der Waals surface area contributed by atoms with Crippen molar-refractivity contribution in [2.75, 3.05) is 15.8 Å². The molecule has 0 fully saturated rings. The van der Waals surface area contributed by atoms with Gasteiger partial charge in [-0.25, -0.2) is 33.1 Å². The van der Waals surface area contributed by atoms with Gasteiger partial charge in [-0.15, -0.1) is 6.58 Å². The third-order valence-electron chi connectivity index (χ3n) is 3.48. The maximum absolute atomic E-state index is 12.5. The van der Waals surface area contributed by atoms with Crippen LogP contribution in [-0.2, 0) is 10.0 Å². The number of carbonyl (C=O) groups is 1. The Balaban J connectivity index is 1.72. The Kier molecular flexibility index (Phi) is 6.98. The van der Waals surface area contributed by atoms with Crippen molar-refractivity contribution >= 4 is 50.9 Å². The Morgan fingerprint density at radius 3 is 2.53 bits per heavy atom. The summed E-state index contributed by atoms with van der Waals surface area (Å²) in [4.78, 5) is 28.3. The Morgan fingerprint density at radius 1 is 1.17 bits per heavy atom. The summed E-state index contributed by atoms with van der Waals surface area (Å²) in [7, 11) is -3.87. The van der Waals surface area contributed by atoms with Crippen LogP contribution in [0.1, 0.15) is 10.5 Å². The van der Waals surface area contributed by atoms with Crippen LogP contribution in [-0.4, -0.2) is 40.0 Å². The average molecular weight is 463 g/mol. The molecule has 12 heteroatoms. The van der Waals surface area contributed by atoms with E-state index in [1.807, 2.05) is 0 Å². The molecule has 0 aliphatic carbocycles. The lowest BCUT2D eigenvalue weighted by atomic mass is 10.3. The van der Waals surface area contributed by atoms with Gasteiger partial charge in [0.05, 0.1) is 16.1 Å². The van der Waals surface area contributed by atoms with Crippen LogP contribution in [0.2, 0.25) is 5.02 Å². The monoisotopic (exact) mass is 462 g/mol. The van der Waals surface area contributed by atoms with E-state index in [2.05, 4.69) is 36.6 Å². The number of carbonyl (C=O) groups excluding carboxylic acids is 1. The fraction of sp³-hybridized carbons (Fsp3) is 0.0556. The predicted molar refractivity (Wildman–Crippen MR) is 115 cm³/mol. The van der Waals surface area contributed by atoms with Gasteiger partial charge in [-0.1, -0.05) is 29.4 Å². The second kappa shape index (κ2) is 9.65. The summed E-state index contributed by atoms with van der Waals surface area (Å²) < 4.78 is 27.1. The first-order valence-electron chi connectivity index (χ1n) is 8.36. The summed E-state index contributed by atoms with van der Waals surface area (Å²) in [5, 5.41) is 3.12. The molecule has 0 saturated heterocycles. The van der Waals surface area contributed by atoms with Gasteiger partial charge in [-0.05, 0) is 30.3 Å². The van der Waals surface area contributed by atoms with E-state index >= 15 is 0 Å². The molecule has 2 N–H and O–H groups in total. The van der Waals surface area contributed by atoms with Crippen molar-refractivity contribution in [3.63, 3.8) is 0 Å². The Hall–Kier alpha value is -3.02. The van der Waals surface area contributed by atoms with Gasteiger partial charge in [0.2, 0.25) is 5.95 Å². The highest BCUT2D eigenvalue weighted by atomic mass is 35.5. The van der Waals surface area contributed by atoms with Crippen LogP contribution < -0.4 is 10.0 Å². The highest BCUT2D eigenvalue weighted by Crippen LogP contribution is 2.21. The number of nitrogens with one attached hydrogen (secondary N) is 2. The zero-order valence-electron chi connectivity index (χ0n) is 15.3. The third kappa shape index (κ3) is 5.53. The number of halogens is 1. The van der Waals surface area contributed by atoms with E-state index in [-0.39, 0.29) is 21.6 Å². The van der Waals surface area contributed by atoms with Gasteiger partial charge in [0.25, 0.3) is 15.9 Å². The van der Waals surface area contributed by atoms with Crippen LogP contribution in [0.3, 0.4) is 0 Å². The van der Waals surface area contributed by atoms with E-state index in [4.69, 9.17) is 11.6 Å². The summed E-state index contributed by atoms with van der Waals surface area (Å²) in [5.74, 6) is -0.00610. The SMILES string of the molecule is C=CCSc1ncc(Cl)c(C(=O)Nc2ccc(S(=O)(=O)Nc3ncccn3)cc2)n1. The van der Waals surface area contributed by atoms with Crippen LogP contribution in [0.5, 0.6) is 0 Å². The van der Waals surface area contributed by atoms with Gasteiger partial charge in [0.1, 0.15) is 0 Å². The van der Waals surface area contributed by atoms with Crippen molar-refractivity contribution in [1.82, 2.24) is 19.9 Å². The number of aromatic nitrogens is 4. The quantitative estimate of drug-likeness (QED) is 0.296. The van der Waals surface area contributed by atoms with Gasteiger partial charge >= 0.3 is 0 Å². The summed E-state index contributed by atoms with van der Waals surface area (Å²) in [6.07, 6.45) is 5.88. The zero-order chi connectivity index (χ0) is 21.6. The number of hydrogen-bond acceptors (Lipinski definition) is 8. The normalized spacial score (nSPS) is 11.0. The number of rotatable bonds is 8. The molecule has 2 aromatic heterocycles. The van der Waals surface area contributed by atoms with Crippen molar-refractivity contribution < 1.29 is 13.2 Å². The first-order valence-corrected chi connectivity index (χ1v) is 11.2. The summed E-state index contributed by atoms with van der Waals surface area (Å²) in [5.41, 5.74) is 0.378. The van der Waals surface area contributed by atoms with Crippen LogP contribution in [0.25, 0.3) is 0 Å². The van der Waals surface area contributed by atoms with Crippen LogP contribution in [0, 0.1) is 0 Å². The summed E-state index contributed by atoms with van der Waals surface area (Å²) in [6.45, 7) is 3.62. The Morgan fingerprint density at radius 2 is 1.87 bits per heavy atom. The van der Waals surface area contributed by atoms with Crippen LogP contribution in [0.4, 0.5) is 11.6 Å². The molecule has 9 nitrogen and oxygen atoms in total. The molecule has 0 aliphatic rings. The first-order chi connectivity index (χ1) is 14.4. The van der Waals surface area contributed by atoms with Crippen molar-refractivity contribution in [3.05, 3.63) is 72.3 Å². The lowest BCUT2D eigenvalue weighted by Gasteiger charge is -2.09.